The largest absolute Gasteiger partial charge is 0.360 e. The minimum Gasteiger partial charge on any atom is -0.360 e. The van der Waals surface area contributed by atoms with Gasteiger partial charge in [-0.15, -0.1) is 0 Å². The maximum atomic E-state index is 13.0. The molecule has 0 radical (unpaired) electrons. The highest BCUT2D eigenvalue weighted by atomic mass is 32.2. The van der Waals surface area contributed by atoms with E-state index in [2.05, 4.69) is 30.5 Å². The zero-order valence-electron chi connectivity index (χ0n) is 19.3. The first-order valence-electron chi connectivity index (χ1n) is 11.3. The molecule has 2 aromatic heterocycles. The molecule has 0 aliphatic carbocycles. The molecule has 0 saturated carbocycles. The first-order chi connectivity index (χ1) is 16.9. The molecule has 5 rings (SSSR count). The average Bonchev–Trinajstić information content (AvgIpc) is 3.26. The van der Waals surface area contributed by atoms with Gasteiger partial charge in [-0.3, -0.25) is 14.2 Å². The second-order valence-electron chi connectivity index (χ2n) is 8.34. The van der Waals surface area contributed by atoms with Crippen LogP contribution in [0, 0.1) is 0 Å². The van der Waals surface area contributed by atoms with E-state index in [1.54, 1.807) is 42.9 Å². The van der Waals surface area contributed by atoms with Crippen LogP contribution in [0.2, 0.25) is 0 Å². The van der Waals surface area contributed by atoms with Gasteiger partial charge in [0.25, 0.3) is 0 Å². The number of aliphatic imine (C=N–C) groups is 1. The summed E-state index contributed by atoms with van der Waals surface area (Å²) in [5.74, 6) is 1.49. The van der Waals surface area contributed by atoms with Crippen molar-refractivity contribution in [3.8, 4) is 11.3 Å². The molecule has 35 heavy (non-hydrogen) atoms. The summed E-state index contributed by atoms with van der Waals surface area (Å²) in [7, 11) is -3.30. The van der Waals surface area contributed by atoms with E-state index in [0.29, 0.717) is 49.9 Å². The van der Waals surface area contributed by atoms with E-state index in [9.17, 15) is 13.2 Å². The lowest BCUT2D eigenvalue weighted by Crippen LogP contribution is -2.54. The number of anilines is 1. The van der Waals surface area contributed by atoms with Gasteiger partial charge in [0.1, 0.15) is 11.5 Å². The Hall–Kier alpha value is -3.93. The fourth-order valence-electron chi connectivity index (χ4n) is 4.14. The molecule has 12 heteroatoms. The van der Waals surface area contributed by atoms with Crippen LogP contribution in [0.5, 0.6) is 0 Å². The SMILES string of the molecule is CS(=O)(=O)c1ccc(-c2nc3cnccn3c2NCC(=O)N2CCN(C3=NCC=CN3)CC2)cc1. The number of guanidine groups is 1. The van der Waals surface area contributed by atoms with Crippen LogP contribution in [-0.2, 0) is 14.6 Å². The van der Waals surface area contributed by atoms with Crippen LogP contribution in [0.3, 0.4) is 0 Å². The van der Waals surface area contributed by atoms with E-state index in [0.717, 1.165) is 11.5 Å². The number of hydrogen-bond donors (Lipinski definition) is 2. The number of imidazole rings is 1. The van der Waals surface area contributed by atoms with Crippen LogP contribution in [0.1, 0.15) is 0 Å². The zero-order valence-corrected chi connectivity index (χ0v) is 20.1. The first kappa shape index (κ1) is 22.8. The number of carbonyl (C=O) groups excluding carboxylic acids is 1. The Morgan fingerprint density at radius 3 is 2.60 bits per heavy atom. The Morgan fingerprint density at radius 2 is 1.91 bits per heavy atom. The number of hydrogen-bond acceptors (Lipinski definition) is 9. The molecule has 182 valence electrons. The second kappa shape index (κ2) is 9.37. The third-order valence-corrected chi connectivity index (χ3v) is 7.13. The lowest BCUT2D eigenvalue weighted by Gasteiger charge is -2.36. The van der Waals surface area contributed by atoms with Crippen LogP contribution < -0.4 is 10.6 Å². The number of nitrogens with zero attached hydrogens (tertiary/aromatic N) is 6. The number of fused-ring (bicyclic) bond motifs is 1. The van der Waals surface area contributed by atoms with Crippen molar-refractivity contribution in [1.82, 2.24) is 29.5 Å². The molecular formula is C23H26N8O3S. The molecule has 2 aliphatic heterocycles. The molecule has 2 aliphatic rings. The molecule has 0 unspecified atom stereocenters. The normalized spacial score (nSPS) is 16.2. The van der Waals surface area contributed by atoms with E-state index in [1.165, 1.54) is 6.26 Å². The third-order valence-electron chi connectivity index (χ3n) is 6.00. The molecule has 2 N–H and O–H groups in total. The predicted octanol–water partition coefficient (Wildman–Crippen LogP) is 0.829. The Kier molecular flexibility index (Phi) is 6.12. The molecule has 1 saturated heterocycles. The summed E-state index contributed by atoms with van der Waals surface area (Å²) in [6, 6.07) is 6.55. The third kappa shape index (κ3) is 4.83. The van der Waals surface area contributed by atoms with Gasteiger partial charge in [-0.05, 0) is 18.2 Å². The molecule has 1 aromatic carbocycles. The van der Waals surface area contributed by atoms with Crippen molar-refractivity contribution in [2.24, 2.45) is 4.99 Å². The molecule has 3 aromatic rings. The standard InChI is InChI=1S/C23H26N8O3S/c1-35(33,34)18-5-3-17(4-6-18)21-22(31-10-9-24-15-19(31)28-21)27-16-20(32)29-11-13-30(14-12-29)23-25-7-2-8-26-23/h2-7,9-10,15,27H,8,11-14,16H2,1H3,(H,25,26). The molecule has 0 atom stereocenters. The first-order valence-corrected chi connectivity index (χ1v) is 13.1. The monoisotopic (exact) mass is 494 g/mol. The predicted molar refractivity (Wildman–Crippen MR) is 133 cm³/mol. The fourth-order valence-corrected chi connectivity index (χ4v) is 4.77. The van der Waals surface area contributed by atoms with Gasteiger partial charge >= 0.3 is 0 Å². The smallest absolute Gasteiger partial charge is 0.242 e. The highest BCUT2D eigenvalue weighted by Crippen LogP contribution is 2.29. The molecule has 1 fully saturated rings. The number of nitrogens with one attached hydrogen (secondary N) is 2. The summed E-state index contributed by atoms with van der Waals surface area (Å²) in [5.41, 5.74) is 1.97. The van der Waals surface area contributed by atoms with Crippen molar-refractivity contribution in [3.63, 3.8) is 0 Å². The second-order valence-corrected chi connectivity index (χ2v) is 10.4. The fraction of sp³-hybridized carbons (Fsp3) is 0.304. The summed E-state index contributed by atoms with van der Waals surface area (Å²) in [6.45, 7) is 3.42. The Labute approximate surface area is 203 Å². The van der Waals surface area contributed by atoms with Crippen molar-refractivity contribution in [2.75, 3.05) is 50.8 Å². The summed E-state index contributed by atoms with van der Waals surface area (Å²) >= 11 is 0. The minimum atomic E-state index is -3.30. The van der Waals surface area contributed by atoms with Crippen LogP contribution in [-0.4, -0.2) is 90.0 Å². The molecule has 11 nitrogen and oxygen atoms in total. The zero-order chi connectivity index (χ0) is 24.4. The maximum absolute atomic E-state index is 13.0. The summed E-state index contributed by atoms with van der Waals surface area (Å²) < 4.78 is 25.5. The molecule has 4 heterocycles. The number of carbonyl (C=O) groups is 1. The Morgan fingerprint density at radius 1 is 1.14 bits per heavy atom. The molecule has 1 amide bonds. The summed E-state index contributed by atoms with van der Waals surface area (Å²) in [6.07, 6.45) is 10.1. The Balaban J connectivity index is 1.30. The Bertz CT molecular complexity index is 1400. The highest BCUT2D eigenvalue weighted by Gasteiger charge is 2.24. The highest BCUT2D eigenvalue weighted by molar-refractivity contribution is 7.90. The van der Waals surface area contributed by atoms with E-state index in [4.69, 9.17) is 0 Å². The van der Waals surface area contributed by atoms with Gasteiger partial charge < -0.3 is 20.4 Å². The van der Waals surface area contributed by atoms with Gasteiger partial charge in [0.2, 0.25) is 5.91 Å². The van der Waals surface area contributed by atoms with E-state index in [1.807, 2.05) is 21.6 Å². The van der Waals surface area contributed by atoms with Crippen LogP contribution in [0.15, 0.2) is 65.0 Å². The maximum Gasteiger partial charge on any atom is 0.242 e. The number of benzene rings is 1. The van der Waals surface area contributed by atoms with Gasteiger partial charge in [-0.25, -0.2) is 18.4 Å². The van der Waals surface area contributed by atoms with Crippen molar-refractivity contribution >= 4 is 33.2 Å². The molecule has 0 spiro atoms. The summed E-state index contributed by atoms with van der Waals surface area (Å²) in [4.78, 5) is 30.5. The van der Waals surface area contributed by atoms with Crippen molar-refractivity contribution in [1.29, 1.82) is 0 Å². The number of amides is 1. The number of sulfone groups is 1. The topological polar surface area (TPSA) is 124 Å². The van der Waals surface area contributed by atoms with E-state index >= 15 is 0 Å². The van der Waals surface area contributed by atoms with Gasteiger partial charge in [0, 0.05) is 56.6 Å². The van der Waals surface area contributed by atoms with Gasteiger partial charge in [0.05, 0.1) is 24.2 Å². The molecule has 0 bridgehead atoms. The van der Waals surface area contributed by atoms with Crippen molar-refractivity contribution in [3.05, 3.63) is 55.1 Å². The van der Waals surface area contributed by atoms with Crippen LogP contribution in [0.4, 0.5) is 5.82 Å². The molecular weight excluding hydrogens is 468 g/mol. The van der Waals surface area contributed by atoms with Crippen molar-refractivity contribution < 1.29 is 13.2 Å². The van der Waals surface area contributed by atoms with E-state index < -0.39 is 9.84 Å². The summed E-state index contributed by atoms with van der Waals surface area (Å²) in [5, 5.41) is 6.41. The van der Waals surface area contributed by atoms with Gasteiger partial charge in [0.15, 0.2) is 21.4 Å². The van der Waals surface area contributed by atoms with Crippen LogP contribution >= 0.6 is 0 Å². The lowest BCUT2D eigenvalue weighted by molar-refractivity contribution is -0.130. The quantitative estimate of drug-likeness (QED) is 0.535. The minimum absolute atomic E-state index is 0.00883. The van der Waals surface area contributed by atoms with E-state index in [-0.39, 0.29) is 17.3 Å². The van der Waals surface area contributed by atoms with Crippen molar-refractivity contribution in [2.45, 2.75) is 4.90 Å². The lowest BCUT2D eigenvalue weighted by atomic mass is 10.1. The average molecular weight is 495 g/mol. The van der Waals surface area contributed by atoms with Gasteiger partial charge in [-0.1, -0.05) is 12.1 Å². The number of aromatic nitrogens is 3. The van der Waals surface area contributed by atoms with Gasteiger partial charge in [-0.2, -0.15) is 0 Å². The number of rotatable bonds is 5. The van der Waals surface area contributed by atoms with Crippen LogP contribution in [0.25, 0.3) is 16.9 Å². The number of piperazine rings is 1.